The second-order valence-corrected chi connectivity index (χ2v) is 6.21. The number of nitrogens with zero attached hydrogens (tertiary/aromatic N) is 1. The van der Waals surface area contributed by atoms with Gasteiger partial charge in [-0.15, -0.1) is 0 Å². The maximum absolute atomic E-state index is 12.3. The van der Waals surface area contributed by atoms with E-state index >= 15 is 0 Å². The van der Waals surface area contributed by atoms with Crippen LogP contribution in [0, 0.1) is 0 Å². The molecule has 0 saturated carbocycles. The van der Waals surface area contributed by atoms with Crippen molar-refractivity contribution in [3.8, 4) is 5.75 Å². The highest BCUT2D eigenvalue weighted by molar-refractivity contribution is 6.35. The van der Waals surface area contributed by atoms with Gasteiger partial charge < -0.3 is 15.4 Å². The lowest BCUT2D eigenvalue weighted by Crippen LogP contribution is -2.12. The summed E-state index contributed by atoms with van der Waals surface area (Å²) in [5.74, 6) is 1.07. The molecule has 0 radical (unpaired) electrons. The molecule has 0 spiro atoms. The number of methoxy groups -OCH3 is 1. The highest BCUT2D eigenvalue weighted by atomic mass is 35.5. The van der Waals surface area contributed by atoms with Crippen LogP contribution in [0.1, 0.15) is 10.4 Å². The Hall–Kier alpha value is -2.76. The zero-order chi connectivity index (χ0) is 18.5. The second-order valence-electron chi connectivity index (χ2n) is 5.36. The average Bonchev–Trinajstić information content (AvgIpc) is 2.66. The molecule has 132 valence electrons. The van der Waals surface area contributed by atoms with Crippen molar-refractivity contribution in [1.29, 1.82) is 0 Å². The second kappa shape index (κ2) is 8.08. The number of rotatable bonds is 5. The summed E-state index contributed by atoms with van der Waals surface area (Å²) < 4.78 is 5.12. The van der Waals surface area contributed by atoms with Crippen LogP contribution in [0.25, 0.3) is 0 Å². The van der Waals surface area contributed by atoms with Gasteiger partial charge in [-0.2, -0.15) is 0 Å². The molecule has 0 bridgehead atoms. The van der Waals surface area contributed by atoms with Crippen molar-refractivity contribution in [1.82, 2.24) is 4.98 Å². The summed E-state index contributed by atoms with van der Waals surface area (Å²) >= 11 is 12.0. The summed E-state index contributed by atoms with van der Waals surface area (Å²) in [4.78, 5) is 16.6. The van der Waals surface area contributed by atoms with Crippen molar-refractivity contribution in [2.24, 2.45) is 0 Å². The van der Waals surface area contributed by atoms with E-state index in [1.54, 1.807) is 37.4 Å². The van der Waals surface area contributed by atoms with Crippen LogP contribution in [-0.4, -0.2) is 18.0 Å². The van der Waals surface area contributed by atoms with Gasteiger partial charge >= 0.3 is 0 Å². The molecule has 1 amide bonds. The van der Waals surface area contributed by atoms with Gasteiger partial charge in [0.2, 0.25) is 0 Å². The summed E-state index contributed by atoms with van der Waals surface area (Å²) in [6.45, 7) is 0. The highest BCUT2D eigenvalue weighted by Crippen LogP contribution is 2.26. The molecule has 1 heterocycles. The summed E-state index contributed by atoms with van der Waals surface area (Å²) in [6.07, 6.45) is 1.49. The number of halogens is 2. The lowest BCUT2D eigenvalue weighted by atomic mass is 10.2. The third-order valence-corrected chi connectivity index (χ3v) is 4.13. The molecule has 2 N–H and O–H groups in total. The van der Waals surface area contributed by atoms with E-state index in [0.717, 1.165) is 11.4 Å². The molecule has 7 heteroatoms. The first-order chi connectivity index (χ1) is 12.5. The Labute approximate surface area is 160 Å². The minimum absolute atomic E-state index is 0.322. The molecule has 0 fully saturated rings. The monoisotopic (exact) mass is 387 g/mol. The van der Waals surface area contributed by atoms with Crippen molar-refractivity contribution >= 4 is 46.3 Å². The van der Waals surface area contributed by atoms with Crippen molar-refractivity contribution in [3.63, 3.8) is 0 Å². The first-order valence-corrected chi connectivity index (χ1v) is 8.44. The third kappa shape index (κ3) is 4.45. The van der Waals surface area contributed by atoms with Crippen LogP contribution in [-0.2, 0) is 0 Å². The maximum atomic E-state index is 12.3. The lowest BCUT2D eigenvalue weighted by molar-refractivity contribution is 0.102. The van der Waals surface area contributed by atoms with Gasteiger partial charge in [-0.05, 0) is 54.6 Å². The molecular formula is C19H15Cl2N3O2. The number of ether oxygens (including phenoxy) is 1. The van der Waals surface area contributed by atoms with Crippen LogP contribution in [0.2, 0.25) is 10.0 Å². The van der Waals surface area contributed by atoms with Gasteiger partial charge in [-0.1, -0.05) is 23.2 Å². The number of nitrogens with one attached hydrogen (secondary N) is 2. The minimum atomic E-state index is -0.322. The normalized spacial score (nSPS) is 10.3. The molecule has 0 unspecified atom stereocenters. The number of pyridine rings is 1. The van der Waals surface area contributed by atoms with E-state index in [1.807, 2.05) is 24.3 Å². The van der Waals surface area contributed by atoms with Gasteiger partial charge in [0.1, 0.15) is 11.6 Å². The predicted molar refractivity (Wildman–Crippen MR) is 105 cm³/mol. The number of anilines is 3. The van der Waals surface area contributed by atoms with Gasteiger partial charge in [0, 0.05) is 16.9 Å². The van der Waals surface area contributed by atoms with Gasteiger partial charge in [-0.3, -0.25) is 4.79 Å². The zero-order valence-corrected chi connectivity index (χ0v) is 15.3. The van der Waals surface area contributed by atoms with Gasteiger partial charge in [0.05, 0.1) is 23.4 Å². The van der Waals surface area contributed by atoms with Gasteiger partial charge in [0.25, 0.3) is 5.91 Å². The number of hydrogen-bond donors (Lipinski definition) is 2. The van der Waals surface area contributed by atoms with Crippen molar-refractivity contribution < 1.29 is 9.53 Å². The Balaban J connectivity index is 1.68. The number of aromatic nitrogens is 1. The molecular weight excluding hydrogens is 373 g/mol. The molecule has 0 aliphatic rings. The van der Waals surface area contributed by atoms with Crippen molar-refractivity contribution in [3.05, 3.63) is 76.4 Å². The van der Waals surface area contributed by atoms with Crippen molar-refractivity contribution in [2.75, 3.05) is 17.7 Å². The van der Waals surface area contributed by atoms with E-state index < -0.39 is 0 Å². The predicted octanol–water partition coefficient (Wildman–Crippen LogP) is 5.39. The molecule has 0 saturated heterocycles. The summed E-state index contributed by atoms with van der Waals surface area (Å²) in [5.41, 5.74) is 1.71. The molecule has 0 aliphatic heterocycles. The van der Waals surface area contributed by atoms with Crippen LogP contribution < -0.4 is 15.4 Å². The van der Waals surface area contributed by atoms with Crippen LogP contribution in [0.4, 0.5) is 17.2 Å². The molecule has 26 heavy (non-hydrogen) atoms. The maximum Gasteiger partial charge on any atom is 0.257 e. The Morgan fingerprint density at radius 2 is 1.81 bits per heavy atom. The fraction of sp³-hybridized carbons (Fsp3) is 0.0526. The van der Waals surface area contributed by atoms with E-state index in [1.165, 1.54) is 6.20 Å². The molecule has 2 aromatic carbocycles. The van der Waals surface area contributed by atoms with Crippen molar-refractivity contribution in [2.45, 2.75) is 0 Å². The molecule has 3 rings (SSSR count). The SMILES string of the molecule is COc1ccc(Nc2ccc(C(=O)Nc3cc(Cl)ccc3Cl)cn2)cc1. The molecule has 0 atom stereocenters. The first-order valence-electron chi connectivity index (χ1n) is 7.69. The topological polar surface area (TPSA) is 63.2 Å². The molecule has 1 aromatic heterocycles. The summed E-state index contributed by atoms with van der Waals surface area (Å²) in [7, 11) is 1.62. The fourth-order valence-electron chi connectivity index (χ4n) is 2.21. The highest BCUT2D eigenvalue weighted by Gasteiger charge is 2.10. The number of carbonyl (C=O) groups excluding carboxylic acids is 1. The molecule has 5 nitrogen and oxygen atoms in total. The fourth-order valence-corrected chi connectivity index (χ4v) is 2.55. The quantitative estimate of drug-likeness (QED) is 0.615. The minimum Gasteiger partial charge on any atom is -0.497 e. The van der Waals surface area contributed by atoms with Crippen LogP contribution >= 0.6 is 23.2 Å². The summed E-state index contributed by atoms with van der Waals surface area (Å²) in [5, 5.41) is 6.77. The average molecular weight is 388 g/mol. The molecule has 0 aliphatic carbocycles. The van der Waals surface area contributed by atoms with Gasteiger partial charge in [0.15, 0.2) is 0 Å². The molecule has 3 aromatic rings. The Kier molecular flexibility index (Phi) is 5.61. The third-order valence-electron chi connectivity index (χ3n) is 3.56. The van der Waals surface area contributed by atoms with E-state index in [0.29, 0.717) is 27.1 Å². The number of amides is 1. The lowest BCUT2D eigenvalue weighted by Gasteiger charge is -2.09. The summed E-state index contributed by atoms with van der Waals surface area (Å²) in [6, 6.07) is 15.7. The van der Waals surface area contributed by atoms with Crippen LogP contribution in [0.3, 0.4) is 0 Å². The Morgan fingerprint density at radius 1 is 1.04 bits per heavy atom. The number of benzene rings is 2. The number of carbonyl (C=O) groups is 1. The van der Waals surface area contributed by atoms with E-state index in [-0.39, 0.29) is 5.91 Å². The Bertz CT molecular complexity index is 913. The standard InChI is InChI=1S/C19H15Cl2N3O2/c1-26-15-6-4-14(5-7-15)23-18-9-2-12(11-22-18)19(25)24-17-10-13(20)3-8-16(17)21/h2-11H,1H3,(H,22,23)(H,24,25). The van der Waals surface area contributed by atoms with E-state index in [2.05, 4.69) is 15.6 Å². The Morgan fingerprint density at radius 3 is 2.46 bits per heavy atom. The zero-order valence-electron chi connectivity index (χ0n) is 13.8. The smallest absolute Gasteiger partial charge is 0.257 e. The van der Waals surface area contributed by atoms with E-state index in [9.17, 15) is 4.79 Å². The van der Waals surface area contributed by atoms with Gasteiger partial charge in [-0.25, -0.2) is 4.98 Å². The van der Waals surface area contributed by atoms with E-state index in [4.69, 9.17) is 27.9 Å². The van der Waals surface area contributed by atoms with Crippen LogP contribution in [0.5, 0.6) is 5.75 Å². The first kappa shape index (κ1) is 18.0. The largest absolute Gasteiger partial charge is 0.497 e. The number of hydrogen-bond acceptors (Lipinski definition) is 4. The van der Waals surface area contributed by atoms with Crippen LogP contribution in [0.15, 0.2) is 60.8 Å².